The molecule has 71 heavy (non-hydrogen) atoms. The molecule has 11 aromatic rings. The summed E-state index contributed by atoms with van der Waals surface area (Å²) < 4.78 is 0. The van der Waals surface area contributed by atoms with Crippen molar-refractivity contribution >= 4 is 17.1 Å². The van der Waals surface area contributed by atoms with Crippen molar-refractivity contribution in [2.45, 2.75) is 24.7 Å². The van der Waals surface area contributed by atoms with Gasteiger partial charge in [-0.3, -0.25) is 0 Å². The maximum atomic E-state index is 2.46. The zero-order valence-electron chi connectivity index (χ0n) is 39.9. The Labute approximate surface area is 417 Å². The van der Waals surface area contributed by atoms with Gasteiger partial charge in [-0.05, 0) is 143 Å². The number of para-hydroxylation sites is 1. The van der Waals surface area contributed by atoms with Crippen LogP contribution in [0.5, 0.6) is 0 Å². The van der Waals surface area contributed by atoms with Crippen molar-refractivity contribution in [2.24, 2.45) is 0 Å². The molecule has 0 saturated heterocycles. The van der Waals surface area contributed by atoms with E-state index < -0.39 is 5.41 Å². The molecule has 0 radical (unpaired) electrons. The average Bonchev–Trinajstić information content (AvgIpc) is 3.87. The number of fused-ring (bicyclic) bond motifs is 6. The second-order valence-electron chi connectivity index (χ2n) is 19.6. The molecule has 13 rings (SSSR count). The Kier molecular flexibility index (Phi) is 10.1. The molecule has 1 atom stereocenters. The van der Waals surface area contributed by atoms with Gasteiger partial charge in [-0.25, -0.2) is 0 Å². The third-order valence-corrected chi connectivity index (χ3v) is 15.4. The molecule has 0 saturated carbocycles. The van der Waals surface area contributed by atoms with Crippen molar-refractivity contribution in [3.8, 4) is 66.8 Å². The molecule has 0 amide bonds. The molecule has 1 heteroatoms. The Morgan fingerprint density at radius 3 is 1.45 bits per heavy atom. The van der Waals surface area contributed by atoms with Gasteiger partial charge in [0.15, 0.2) is 0 Å². The van der Waals surface area contributed by atoms with Gasteiger partial charge in [0.05, 0.1) is 11.1 Å². The Bertz CT molecular complexity index is 3760. The lowest BCUT2D eigenvalue weighted by Gasteiger charge is -2.34. The molecule has 2 aliphatic carbocycles. The van der Waals surface area contributed by atoms with E-state index in [2.05, 4.69) is 292 Å². The SMILES string of the molecule is CC1(C)c2ccccc2-c2ccc(N(c3ccc(-c4ccc5c(c4)-c4ccc(-c6ccccc6)cc4C5(c4ccccc4)c4cccc(-c5ccccc5)c4)cc3)c3ccccc3-c3ccccc3)cc21. The van der Waals surface area contributed by atoms with Crippen LogP contribution in [-0.4, -0.2) is 0 Å². The molecule has 336 valence electrons. The molecular formula is C70H51N. The summed E-state index contributed by atoms with van der Waals surface area (Å²) in [7, 11) is 0. The maximum Gasteiger partial charge on any atom is 0.0714 e. The molecular weight excluding hydrogens is 855 g/mol. The van der Waals surface area contributed by atoms with E-state index >= 15 is 0 Å². The molecule has 2 aliphatic rings. The summed E-state index contributed by atoms with van der Waals surface area (Å²) in [5, 5.41) is 0. The standard InChI is InChI=1S/C70H51N/c1-69(2)64-32-17-15-31-60(64)61-42-40-58(47-66(61)69)71(68-33-18-16-30-59(68)51-24-11-5-12-25-51)57-38-34-50(35-39-57)53-37-43-65-63(45-53)62-41-36-54(49-22-9-4-10-23-49)46-67(62)70(65,55-27-13-6-14-28-55)56-29-19-26-52(44-56)48-20-7-3-8-21-48/h3-47H,1-2H3. The zero-order valence-corrected chi connectivity index (χ0v) is 39.9. The van der Waals surface area contributed by atoms with Crippen molar-refractivity contribution < 1.29 is 0 Å². The van der Waals surface area contributed by atoms with Crippen molar-refractivity contribution in [1.82, 2.24) is 0 Å². The maximum absolute atomic E-state index is 2.46. The molecule has 1 unspecified atom stereocenters. The lowest BCUT2D eigenvalue weighted by atomic mass is 9.67. The Hall–Kier alpha value is -8.78. The monoisotopic (exact) mass is 905 g/mol. The van der Waals surface area contributed by atoms with E-state index in [1.54, 1.807) is 0 Å². The van der Waals surface area contributed by atoms with E-state index in [9.17, 15) is 0 Å². The van der Waals surface area contributed by atoms with Gasteiger partial charge in [0.25, 0.3) is 0 Å². The first-order valence-corrected chi connectivity index (χ1v) is 24.8. The summed E-state index contributed by atoms with van der Waals surface area (Å²) in [6.07, 6.45) is 0. The van der Waals surface area contributed by atoms with Crippen LogP contribution in [0.2, 0.25) is 0 Å². The first kappa shape index (κ1) is 42.3. The highest BCUT2D eigenvalue weighted by Crippen LogP contribution is 2.58. The smallest absolute Gasteiger partial charge is 0.0714 e. The summed E-state index contributed by atoms with van der Waals surface area (Å²) >= 11 is 0. The Morgan fingerprint density at radius 1 is 0.254 bits per heavy atom. The third-order valence-electron chi connectivity index (χ3n) is 15.4. The molecule has 0 heterocycles. The lowest BCUT2D eigenvalue weighted by molar-refractivity contribution is 0.660. The predicted molar refractivity (Wildman–Crippen MR) is 298 cm³/mol. The van der Waals surface area contributed by atoms with Crippen LogP contribution in [0.4, 0.5) is 17.1 Å². The molecule has 0 aromatic heterocycles. The minimum atomic E-state index is -0.567. The van der Waals surface area contributed by atoms with Gasteiger partial charge in [-0.1, -0.05) is 238 Å². The van der Waals surface area contributed by atoms with Gasteiger partial charge in [0, 0.05) is 22.4 Å². The van der Waals surface area contributed by atoms with E-state index in [0.717, 1.165) is 17.1 Å². The molecule has 0 N–H and O–H groups in total. The Morgan fingerprint density at radius 2 is 0.732 bits per heavy atom. The van der Waals surface area contributed by atoms with Gasteiger partial charge in [-0.2, -0.15) is 0 Å². The predicted octanol–water partition coefficient (Wildman–Crippen LogP) is 18.5. The fraction of sp³-hybridized carbons (Fsp3) is 0.0571. The summed E-state index contributed by atoms with van der Waals surface area (Å²) in [4.78, 5) is 2.45. The highest BCUT2D eigenvalue weighted by Gasteiger charge is 2.46. The molecule has 0 fully saturated rings. The van der Waals surface area contributed by atoms with E-state index in [1.165, 1.54) is 100 Å². The molecule has 0 spiro atoms. The summed E-state index contributed by atoms with van der Waals surface area (Å²) in [5.41, 5.74) is 25.2. The van der Waals surface area contributed by atoms with Crippen LogP contribution in [-0.2, 0) is 10.8 Å². The van der Waals surface area contributed by atoms with Crippen molar-refractivity contribution in [3.63, 3.8) is 0 Å². The van der Waals surface area contributed by atoms with Gasteiger partial charge in [0.2, 0.25) is 0 Å². The van der Waals surface area contributed by atoms with Gasteiger partial charge in [-0.15, -0.1) is 0 Å². The Balaban J connectivity index is 0.967. The minimum Gasteiger partial charge on any atom is -0.310 e. The zero-order chi connectivity index (χ0) is 47.5. The highest BCUT2D eigenvalue weighted by molar-refractivity contribution is 5.93. The first-order valence-electron chi connectivity index (χ1n) is 24.8. The number of hydrogen-bond donors (Lipinski definition) is 0. The number of rotatable bonds is 9. The van der Waals surface area contributed by atoms with E-state index in [4.69, 9.17) is 0 Å². The third kappa shape index (κ3) is 6.91. The first-order chi connectivity index (χ1) is 35.0. The second kappa shape index (κ2) is 17.0. The molecule has 11 aromatic carbocycles. The summed E-state index contributed by atoms with van der Waals surface area (Å²) in [5.74, 6) is 0. The van der Waals surface area contributed by atoms with Crippen molar-refractivity contribution in [2.75, 3.05) is 4.90 Å². The van der Waals surface area contributed by atoms with Crippen LogP contribution in [0.25, 0.3) is 66.8 Å². The number of benzene rings is 11. The minimum absolute atomic E-state index is 0.130. The quantitative estimate of drug-likeness (QED) is 0.139. The molecule has 1 nitrogen and oxygen atoms in total. The highest BCUT2D eigenvalue weighted by atomic mass is 15.1. The fourth-order valence-corrected chi connectivity index (χ4v) is 11.9. The summed E-state index contributed by atoms with van der Waals surface area (Å²) in [6, 6.07) is 101. The van der Waals surface area contributed by atoms with E-state index in [-0.39, 0.29) is 5.41 Å². The molecule has 0 bridgehead atoms. The number of nitrogens with zero attached hydrogens (tertiary/aromatic N) is 1. The van der Waals surface area contributed by atoms with E-state index in [0.29, 0.717) is 0 Å². The van der Waals surface area contributed by atoms with Crippen molar-refractivity contribution in [3.05, 3.63) is 306 Å². The van der Waals surface area contributed by atoms with Gasteiger partial charge < -0.3 is 4.90 Å². The van der Waals surface area contributed by atoms with E-state index in [1.807, 2.05) is 0 Å². The average molecular weight is 906 g/mol. The number of hydrogen-bond acceptors (Lipinski definition) is 1. The number of anilines is 3. The fourth-order valence-electron chi connectivity index (χ4n) is 11.9. The normalized spacial score (nSPS) is 14.8. The van der Waals surface area contributed by atoms with Crippen LogP contribution < -0.4 is 4.90 Å². The lowest BCUT2D eigenvalue weighted by Crippen LogP contribution is -2.28. The molecule has 0 aliphatic heterocycles. The summed E-state index contributed by atoms with van der Waals surface area (Å²) in [6.45, 7) is 4.73. The van der Waals surface area contributed by atoms with Gasteiger partial charge in [0.1, 0.15) is 0 Å². The van der Waals surface area contributed by atoms with Gasteiger partial charge >= 0.3 is 0 Å². The van der Waals surface area contributed by atoms with Crippen LogP contribution in [0.1, 0.15) is 47.2 Å². The second-order valence-corrected chi connectivity index (χ2v) is 19.6. The van der Waals surface area contributed by atoms with Crippen LogP contribution in [0.3, 0.4) is 0 Å². The topological polar surface area (TPSA) is 3.24 Å². The largest absolute Gasteiger partial charge is 0.310 e. The van der Waals surface area contributed by atoms with Crippen LogP contribution in [0.15, 0.2) is 273 Å². The van der Waals surface area contributed by atoms with Crippen LogP contribution in [0, 0.1) is 0 Å². The van der Waals surface area contributed by atoms with Crippen LogP contribution >= 0.6 is 0 Å². The van der Waals surface area contributed by atoms with Crippen molar-refractivity contribution in [1.29, 1.82) is 0 Å².